The van der Waals surface area contributed by atoms with Crippen LogP contribution in [0.25, 0.3) is 0 Å². The molecule has 1 fully saturated rings. The summed E-state index contributed by atoms with van der Waals surface area (Å²) >= 11 is 0. The normalized spacial score (nSPS) is 22.0. The number of methoxy groups -OCH3 is 2. The highest BCUT2D eigenvalue weighted by Gasteiger charge is 2.39. The van der Waals surface area contributed by atoms with Crippen LogP contribution in [-0.4, -0.2) is 43.2 Å². The molecule has 1 aliphatic rings. The Hall–Kier alpha value is -2.24. The van der Waals surface area contributed by atoms with Crippen molar-refractivity contribution in [2.75, 3.05) is 21.3 Å². The fourth-order valence-corrected chi connectivity index (χ4v) is 2.75. The van der Waals surface area contributed by atoms with E-state index in [0.717, 1.165) is 0 Å². The molecule has 0 bridgehead atoms. The number of rotatable bonds is 4. The lowest BCUT2D eigenvalue weighted by molar-refractivity contribution is -0.150. The Balaban J connectivity index is 2.48. The van der Waals surface area contributed by atoms with Crippen LogP contribution in [0, 0.1) is 5.92 Å². The predicted molar refractivity (Wildman–Crippen MR) is 75.4 cm³/mol. The minimum Gasteiger partial charge on any atom is -0.497 e. The molecule has 0 spiro atoms. The van der Waals surface area contributed by atoms with Crippen molar-refractivity contribution in [3.05, 3.63) is 23.8 Å². The van der Waals surface area contributed by atoms with Gasteiger partial charge in [0.2, 0.25) is 5.91 Å². The van der Waals surface area contributed by atoms with Crippen LogP contribution in [0.15, 0.2) is 18.2 Å². The maximum absolute atomic E-state index is 11.9. The molecule has 0 saturated carbocycles. The minimum absolute atomic E-state index is 0.0562. The van der Waals surface area contributed by atoms with Gasteiger partial charge in [0.25, 0.3) is 0 Å². The number of ether oxygens (including phenoxy) is 2. The Bertz CT molecular complexity index is 535. The number of benzene rings is 1. The van der Waals surface area contributed by atoms with Gasteiger partial charge in [-0.1, -0.05) is 0 Å². The van der Waals surface area contributed by atoms with E-state index in [-0.39, 0.29) is 12.3 Å². The summed E-state index contributed by atoms with van der Waals surface area (Å²) in [5.41, 5.74) is 0.703. The van der Waals surface area contributed by atoms with Crippen molar-refractivity contribution in [2.24, 2.45) is 5.92 Å². The maximum atomic E-state index is 11.9. The number of carbonyl (C=O) groups excluding carboxylic acids is 1. The van der Waals surface area contributed by atoms with Crippen LogP contribution in [0.2, 0.25) is 0 Å². The molecule has 1 amide bonds. The minimum atomic E-state index is -0.902. The van der Waals surface area contributed by atoms with Crippen LogP contribution in [0.3, 0.4) is 0 Å². The molecule has 2 atom stereocenters. The largest absolute Gasteiger partial charge is 0.497 e. The van der Waals surface area contributed by atoms with E-state index in [1.165, 1.54) is 19.1 Å². The standard InChI is InChI=1S/C15H19NO5/c1-16-13(17)5-4-12(15(18)19)14(16)9-6-10(20-2)8-11(7-9)21-3/h6-8,12,14H,4-5H2,1-3H3,(H,18,19). The summed E-state index contributed by atoms with van der Waals surface area (Å²) in [5.74, 6) is -0.454. The molecule has 1 N–H and O–H groups in total. The zero-order valence-electron chi connectivity index (χ0n) is 12.3. The van der Waals surface area contributed by atoms with E-state index in [1.54, 1.807) is 25.2 Å². The van der Waals surface area contributed by atoms with Crippen molar-refractivity contribution in [1.82, 2.24) is 4.90 Å². The van der Waals surface area contributed by atoms with E-state index in [1.807, 2.05) is 0 Å². The van der Waals surface area contributed by atoms with Crippen LogP contribution in [0.5, 0.6) is 11.5 Å². The molecule has 21 heavy (non-hydrogen) atoms. The quantitative estimate of drug-likeness (QED) is 0.914. The van der Waals surface area contributed by atoms with Gasteiger partial charge in [-0.05, 0) is 24.1 Å². The van der Waals surface area contributed by atoms with Crippen molar-refractivity contribution in [2.45, 2.75) is 18.9 Å². The van der Waals surface area contributed by atoms with E-state index in [4.69, 9.17) is 9.47 Å². The Labute approximate surface area is 123 Å². The Morgan fingerprint density at radius 3 is 2.29 bits per heavy atom. The fourth-order valence-electron chi connectivity index (χ4n) is 2.75. The molecular formula is C15H19NO5. The van der Waals surface area contributed by atoms with E-state index < -0.39 is 17.9 Å². The molecule has 1 aromatic rings. The predicted octanol–water partition coefficient (Wildman–Crippen LogP) is 1.70. The van der Waals surface area contributed by atoms with E-state index >= 15 is 0 Å². The smallest absolute Gasteiger partial charge is 0.308 e. The summed E-state index contributed by atoms with van der Waals surface area (Å²) in [6, 6.07) is 4.69. The van der Waals surface area contributed by atoms with Gasteiger partial charge in [-0.2, -0.15) is 0 Å². The molecular weight excluding hydrogens is 274 g/mol. The molecule has 0 aromatic heterocycles. The fraction of sp³-hybridized carbons (Fsp3) is 0.467. The molecule has 1 aliphatic heterocycles. The molecule has 2 unspecified atom stereocenters. The first kappa shape index (κ1) is 15.2. The van der Waals surface area contributed by atoms with Crippen molar-refractivity contribution in [3.8, 4) is 11.5 Å². The second-order valence-corrected chi connectivity index (χ2v) is 5.08. The van der Waals surface area contributed by atoms with Gasteiger partial charge in [-0.25, -0.2) is 0 Å². The van der Waals surface area contributed by atoms with Crippen molar-refractivity contribution >= 4 is 11.9 Å². The highest BCUT2D eigenvalue weighted by atomic mass is 16.5. The second kappa shape index (κ2) is 6.03. The number of carboxylic acids is 1. The Morgan fingerprint density at radius 1 is 1.24 bits per heavy atom. The third-order valence-corrected chi connectivity index (χ3v) is 3.89. The lowest BCUT2D eigenvalue weighted by Gasteiger charge is -2.37. The summed E-state index contributed by atoms with van der Waals surface area (Å²) in [6.07, 6.45) is 0.591. The Kier molecular flexibility index (Phi) is 4.35. The monoisotopic (exact) mass is 293 g/mol. The zero-order valence-corrected chi connectivity index (χ0v) is 12.3. The highest BCUT2D eigenvalue weighted by molar-refractivity contribution is 5.81. The average Bonchev–Trinajstić information content (AvgIpc) is 2.48. The van der Waals surface area contributed by atoms with Crippen LogP contribution < -0.4 is 9.47 Å². The van der Waals surface area contributed by atoms with Gasteiger partial charge in [0.15, 0.2) is 0 Å². The Morgan fingerprint density at radius 2 is 1.81 bits per heavy atom. The van der Waals surface area contributed by atoms with Crippen molar-refractivity contribution in [3.63, 3.8) is 0 Å². The summed E-state index contributed by atoms with van der Waals surface area (Å²) in [7, 11) is 4.69. The number of hydrogen-bond acceptors (Lipinski definition) is 4. The van der Waals surface area contributed by atoms with Crippen LogP contribution >= 0.6 is 0 Å². The van der Waals surface area contributed by atoms with E-state index in [0.29, 0.717) is 23.5 Å². The third kappa shape index (κ3) is 2.94. The van der Waals surface area contributed by atoms with Gasteiger partial charge in [0, 0.05) is 19.5 Å². The van der Waals surface area contributed by atoms with Crippen molar-refractivity contribution < 1.29 is 24.2 Å². The number of carboxylic acid groups (broad SMARTS) is 1. The highest BCUT2D eigenvalue weighted by Crippen LogP contribution is 2.38. The van der Waals surface area contributed by atoms with Crippen LogP contribution in [-0.2, 0) is 9.59 Å². The second-order valence-electron chi connectivity index (χ2n) is 5.08. The van der Waals surface area contributed by atoms with Gasteiger partial charge in [0.1, 0.15) is 11.5 Å². The van der Waals surface area contributed by atoms with Crippen molar-refractivity contribution in [1.29, 1.82) is 0 Å². The topological polar surface area (TPSA) is 76.1 Å². The van der Waals surface area contributed by atoms with Crippen LogP contribution in [0.1, 0.15) is 24.4 Å². The number of aliphatic carboxylic acids is 1. The van der Waals surface area contributed by atoms with Gasteiger partial charge in [-0.15, -0.1) is 0 Å². The van der Waals surface area contributed by atoms with E-state index in [9.17, 15) is 14.7 Å². The number of carbonyl (C=O) groups is 2. The summed E-state index contributed by atoms with van der Waals surface area (Å²) in [6.45, 7) is 0. The number of nitrogens with zero attached hydrogens (tertiary/aromatic N) is 1. The lowest BCUT2D eigenvalue weighted by atomic mass is 9.84. The molecule has 6 nitrogen and oxygen atoms in total. The van der Waals surface area contributed by atoms with E-state index in [2.05, 4.69) is 0 Å². The first-order valence-corrected chi connectivity index (χ1v) is 6.69. The van der Waals surface area contributed by atoms with Gasteiger partial charge >= 0.3 is 5.97 Å². The number of piperidine rings is 1. The third-order valence-electron chi connectivity index (χ3n) is 3.89. The van der Waals surface area contributed by atoms with Gasteiger partial charge < -0.3 is 19.5 Å². The first-order valence-electron chi connectivity index (χ1n) is 6.69. The summed E-state index contributed by atoms with van der Waals surface area (Å²) in [4.78, 5) is 24.9. The van der Waals surface area contributed by atoms with Crippen LogP contribution in [0.4, 0.5) is 0 Å². The number of amides is 1. The molecule has 2 rings (SSSR count). The molecule has 1 aromatic carbocycles. The molecule has 0 aliphatic carbocycles. The first-order chi connectivity index (χ1) is 9.97. The molecule has 6 heteroatoms. The number of hydrogen-bond donors (Lipinski definition) is 1. The summed E-state index contributed by atoms with van der Waals surface area (Å²) in [5, 5.41) is 9.43. The van der Waals surface area contributed by atoms with Gasteiger partial charge in [-0.3, -0.25) is 9.59 Å². The maximum Gasteiger partial charge on any atom is 0.308 e. The average molecular weight is 293 g/mol. The number of likely N-dealkylation sites (tertiary alicyclic amines) is 1. The van der Waals surface area contributed by atoms with Gasteiger partial charge in [0.05, 0.1) is 26.2 Å². The zero-order chi connectivity index (χ0) is 15.6. The molecule has 1 heterocycles. The summed E-state index contributed by atoms with van der Waals surface area (Å²) < 4.78 is 10.4. The lowest BCUT2D eigenvalue weighted by Crippen LogP contribution is -2.43. The molecule has 1 saturated heterocycles. The molecule has 0 radical (unpaired) electrons. The molecule has 114 valence electrons. The SMILES string of the molecule is COc1cc(OC)cc(C2C(C(=O)O)CCC(=O)N2C)c1.